The molecule has 1 fully saturated rings. The Morgan fingerprint density at radius 1 is 0.763 bits per heavy atom. The monoisotopic (exact) mass is 512 g/mol. The van der Waals surface area contributed by atoms with Gasteiger partial charge in [0.1, 0.15) is 0 Å². The van der Waals surface area contributed by atoms with Crippen molar-refractivity contribution in [1.82, 2.24) is 9.97 Å². The lowest BCUT2D eigenvalue weighted by atomic mass is 9.99. The lowest BCUT2D eigenvalue weighted by Crippen LogP contribution is -2.08. The maximum absolute atomic E-state index is 12.2. The van der Waals surface area contributed by atoms with Gasteiger partial charge in [0.2, 0.25) is 0 Å². The first-order valence-electron chi connectivity index (χ1n) is 14.9. The van der Waals surface area contributed by atoms with E-state index in [0.29, 0.717) is 18.0 Å². The summed E-state index contributed by atoms with van der Waals surface area (Å²) in [6.45, 7) is 2.25. The molecule has 202 valence electrons. The second-order valence-corrected chi connectivity index (χ2v) is 10.9. The first-order chi connectivity index (χ1) is 18.7. The number of benzene rings is 2. The molecule has 1 heterocycles. The van der Waals surface area contributed by atoms with Crippen LogP contribution in [0.2, 0.25) is 0 Å². The molecule has 1 aromatic heterocycles. The SMILES string of the molecule is CCCCCCc1ccc(-c2ccc(-c3ncc(OC(=O)CCCCCCC4CCCC4)cn3)cc2)cc1. The molecule has 1 aliphatic rings. The average Bonchev–Trinajstić information content (AvgIpc) is 3.48. The summed E-state index contributed by atoms with van der Waals surface area (Å²) >= 11 is 0. The molecule has 2 aromatic carbocycles. The van der Waals surface area contributed by atoms with Crippen molar-refractivity contribution in [1.29, 1.82) is 0 Å². The first-order valence-corrected chi connectivity index (χ1v) is 14.9. The Labute approximate surface area is 229 Å². The van der Waals surface area contributed by atoms with Crippen LogP contribution in [0.15, 0.2) is 60.9 Å². The number of hydrogen-bond acceptors (Lipinski definition) is 4. The highest BCUT2D eigenvalue weighted by Crippen LogP contribution is 2.29. The van der Waals surface area contributed by atoms with Gasteiger partial charge in [0.05, 0.1) is 12.4 Å². The van der Waals surface area contributed by atoms with Gasteiger partial charge in [-0.15, -0.1) is 0 Å². The molecule has 1 saturated carbocycles. The van der Waals surface area contributed by atoms with Gasteiger partial charge in [-0.25, -0.2) is 9.97 Å². The second kappa shape index (κ2) is 15.4. The Hall–Kier alpha value is -3.01. The van der Waals surface area contributed by atoms with Crippen LogP contribution in [0.4, 0.5) is 0 Å². The zero-order valence-corrected chi connectivity index (χ0v) is 23.2. The number of esters is 1. The normalized spacial score (nSPS) is 13.6. The van der Waals surface area contributed by atoms with E-state index in [1.54, 1.807) is 12.4 Å². The number of aromatic nitrogens is 2. The molecular weight excluding hydrogens is 468 g/mol. The number of carbonyl (C=O) groups excluding carboxylic acids is 1. The Bertz CT molecular complexity index is 1080. The van der Waals surface area contributed by atoms with Crippen LogP contribution >= 0.6 is 0 Å². The Morgan fingerprint density at radius 3 is 2.05 bits per heavy atom. The number of rotatable bonds is 15. The van der Waals surface area contributed by atoms with Crippen LogP contribution in [0.5, 0.6) is 5.75 Å². The smallest absolute Gasteiger partial charge is 0.311 e. The fourth-order valence-electron chi connectivity index (χ4n) is 5.49. The fraction of sp³-hybridized carbons (Fsp3) is 0.500. The molecule has 0 atom stereocenters. The molecule has 38 heavy (non-hydrogen) atoms. The van der Waals surface area contributed by atoms with Crippen molar-refractivity contribution in [2.45, 2.75) is 103 Å². The summed E-state index contributed by atoms with van der Waals surface area (Å²) in [5.41, 5.74) is 4.74. The minimum absolute atomic E-state index is 0.200. The lowest BCUT2D eigenvalue weighted by molar-refractivity contribution is -0.134. The molecular formula is C34H44N2O2. The van der Waals surface area contributed by atoms with Crippen molar-refractivity contribution in [2.24, 2.45) is 5.92 Å². The predicted molar refractivity (Wildman–Crippen MR) is 156 cm³/mol. The first kappa shape index (κ1) is 28.0. The lowest BCUT2D eigenvalue weighted by Gasteiger charge is -2.08. The van der Waals surface area contributed by atoms with Gasteiger partial charge in [-0.1, -0.05) is 126 Å². The van der Waals surface area contributed by atoms with Gasteiger partial charge in [0, 0.05) is 12.0 Å². The molecule has 4 nitrogen and oxygen atoms in total. The van der Waals surface area contributed by atoms with E-state index in [1.807, 2.05) is 12.1 Å². The van der Waals surface area contributed by atoms with Gasteiger partial charge in [0.25, 0.3) is 0 Å². The highest BCUT2D eigenvalue weighted by Gasteiger charge is 2.14. The molecule has 0 amide bonds. The summed E-state index contributed by atoms with van der Waals surface area (Å²) in [7, 11) is 0. The van der Waals surface area contributed by atoms with E-state index in [9.17, 15) is 4.79 Å². The summed E-state index contributed by atoms with van der Waals surface area (Å²) in [5, 5.41) is 0. The van der Waals surface area contributed by atoms with Gasteiger partial charge in [-0.2, -0.15) is 0 Å². The summed E-state index contributed by atoms with van der Waals surface area (Å²) < 4.78 is 5.45. The number of hydrogen-bond donors (Lipinski definition) is 0. The van der Waals surface area contributed by atoms with Crippen LogP contribution in [0, 0.1) is 5.92 Å². The number of unbranched alkanes of at least 4 members (excludes halogenated alkanes) is 6. The van der Waals surface area contributed by atoms with Crippen molar-refractivity contribution in [3.05, 3.63) is 66.5 Å². The van der Waals surface area contributed by atoms with Crippen LogP contribution in [0.25, 0.3) is 22.5 Å². The Balaban J connectivity index is 1.18. The number of carbonyl (C=O) groups is 1. The fourth-order valence-corrected chi connectivity index (χ4v) is 5.49. The van der Waals surface area contributed by atoms with Gasteiger partial charge >= 0.3 is 5.97 Å². The van der Waals surface area contributed by atoms with Gasteiger partial charge in [-0.05, 0) is 41.9 Å². The van der Waals surface area contributed by atoms with Crippen molar-refractivity contribution in [2.75, 3.05) is 0 Å². The summed E-state index contributed by atoms with van der Waals surface area (Å²) in [6, 6.07) is 17.2. The summed E-state index contributed by atoms with van der Waals surface area (Å²) in [6.07, 6.45) is 21.5. The van der Waals surface area contributed by atoms with E-state index in [-0.39, 0.29) is 5.97 Å². The van der Waals surface area contributed by atoms with Gasteiger partial charge in [0.15, 0.2) is 11.6 Å². The van der Waals surface area contributed by atoms with Gasteiger partial charge < -0.3 is 4.74 Å². The molecule has 1 aliphatic carbocycles. The van der Waals surface area contributed by atoms with Crippen LogP contribution in [-0.2, 0) is 11.2 Å². The van der Waals surface area contributed by atoms with E-state index >= 15 is 0 Å². The Morgan fingerprint density at radius 2 is 1.37 bits per heavy atom. The van der Waals surface area contributed by atoms with Crippen LogP contribution in [0.3, 0.4) is 0 Å². The van der Waals surface area contributed by atoms with Crippen LogP contribution in [-0.4, -0.2) is 15.9 Å². The zero-order valence-electron chi connectivity index (χ0n) is 23.2. The van der Waals surface area contributed by atoms with Crippen LogP contribution in [0.1, 0.15) is 102 Å². The van der Waals surface area contributed by atoms with Crippen molar-refractivity contribution in [3.8, 4) is 28.3 Å². The second-order valence-electron chi connectivity index (χ2n) is 10.9. The topological polar surface area (TPSA) is 52.1 Å². The minimum atomic E-state index is -0.200. The molecule has 0 bridgehead atoms. The molecule has 4 rings (SSSR count). The zero-order chi connectivity index (χ0) is 26.4. The maximum Gasteiger partial charge on any atom is 0.311 e. The predicted octanol–water partition coefficient (Wildman–Crippen LogP) is 9.37. The van der Waals surface area contributed by atoms with Crippen molar-refractivity contribution < 1.29 is 9.53 Å². The third kappa shape index (κ3) is 9.08. The molecule has 0 aliphatic heterocycles. The van der Waals surface area contributed by atoms with E-state index in [1.165, 1.54) is 87.3 Å². The molecule has 3 aromatic rings. The molecule has 0 unspecified atom stereocenters. The molecule has 0 spiro atoms. The number of ether oxygens (including phenoxy) is 1. The van der Waals surface area contributed by atoms with E-state index in [0.717, 1.165) is 30.7 Å². The number of aryl methyl sites for hydroxylation is 1. The maximum atomic E-state index is 12.2. The van der Waals surface area contributed by atoms with E-state index in [2.05, 4.69) is 53.3 Å². The van der Waals surface area contributed by atoms with Crippen LogP contribution < -0.4 is 4.74 Å². The molecule has 4 heteroatoms. The van der Waals surface area contributed by atoms with Gasteiger partial charge in [-0.3, -0.25) is 4.79 Å². The third-order valence-electron chi connectivity index (χ3n) is 7.83. The Kier molecular flexibility index (Phi) is 11.4. The minimum Gasteiger partial charge on any atom is -0.423 e. The van der Waals surface area contributed by atoms with E-state index < -0.39 is 0 Å². The molecule has 0 radical (unpaired) electrons. The van der Waals surface area contributed by atoms with Crippen molar-refractivity contribution >= 4 is 5.97 Å². The van der Waals surface area contributed by atoms with E-state index in [4.69, 9.17) is 4.74 Å². The highest BCUT2D eigenvalue weighted by molar-refractivity contribution is 5.72. The largest absolute Gasteiger partial charge is 0.423 e. The molecule has 0 N–H and O–H groups in total. The summed E-state index contributed by atoms with van der Waals surface area (Å²) in [5.74, 6) is 1.80. The highest BCUT2D eigenvalue weighted by atomic mass is 16.5. The van der Waals surface area contributed by atoms with Crippen molar-refractivity contribution in [3.63, 3.8) is 0 Å². The summed E-state index contributed by atoms with van der Waals surface area (Å²) in [4.78, 5) is 21.1. The standard InChI is InChI=1S/C34H44N2O2/c1-2-3-4-7-13-28-17-19-29(20-18-28)30-21-23-31(24-22-30)34-35-25-32(26-36-34)38-33(37)16-9-6-5-8-12-27-14-10-11-15-27/h17-27H,2-16H2,1H3. The third-order valence-corrected chi connectivity index (χ3v) is 7.83. The molecule has 0 saturated heterocycles. The quantitative estimate of drug-likeness (QED) is 0.150. The number of nitrogens with zero attached hydrogens (tertiary/aromatic N) is 2. The average molecular weight is 513 g/mol.